The molecule has 4 heteroatoms. The molecule has 0 radical (unpaired) electrons. The van der Waals surface area contributed by atoms with E-state index in [0.717, 1.165) is 45.5 Å². The fraction of sp³-hybridized carbons (Fsp3) is 0.294. The molecule has 6 aromatic carbocycles. The lowest BCUT2D eigenvalue weighted by Crippen LogP contribution is -2.58. The molecule has 9 rings (SSSR count). The van der Waals surface area contributed by atoms with Crippen LogP contribution in [0.5, 0.6) is 23.0 Å². The van der Waals surface area contributed by atoms with E-state index in [9.17, 15) is 0 Å². The van der Waals surface area contributed by atoms with Crippen LogP contribution in [0.4, 0.5) is 17.1 Å². The monoisotopic (exact) mass is 721 g/mol. The molecule has 2 heterocycles. The minimum Gasteiger partial charge on any atom is -0.458 e. The van der Waals surface area contributed by atoms with Gasteiger partial charge in [0.2, 0.25) is 0 Å². The van der Waals surface area contributed by atoms with Crippen molar-refractivity contribution in [1.82, 2.24) is 0 Å². The van der Waals surface area contributed by atoms with Gasteiger partial charge in [-0.25, -0.2) is 0 Å². The quantitative estimate of drug-likeness (QED) is 0.170. The third kappa shape index (κ3) is 5.54. The minimum absolute atomic E-state index is 0.0237. The summed E-state index contributed by atoms with van der Waals surface area (Å²) in [6.07, 6.45) is 0. The average molecular weight is 722 g/mol. The first-order chi connectivity index (χ1) is 25.9. The van der Waals surface area contributed by atoms with E-state index >= 15 is 0 Å². The van der Waals surface area contributed by atoms with Crippen LogP contribution in [0.15, 0.2) is 115 Å². The minimum atomic E-state index is -0.302. The van der Waals surface area contributed by atoms with E-state index in [4.69, 9.17) is 9.47 Å². The Morgan fingerprint density at radius 1 is 0.509 bits per heavy atom. The van der Waals surface area contributed by atoms with Crippen molar-refractivity contribution in [2.75, 3.05) is 4.90 Å². The third-order valence-electron chi connectivity index (χ3n) is 12.3. The Morgan fingerprint density at radius 3 is 1.64 bits per heavy atom. The Morgan fingerprint density at radius 2 is 1.05 bits per heavy atom. The molecule has 1 aliphatic carbocycles. The van der Waals surface area contributed by atoms with E-state index in [1.807, 2.05) is 0 Å². The predicted octanol–water partition coefficient (Wildman–Crippen LogP) is 12.1. The first kappa shape index (κ1) is 35.5. The lowest BCUT2D eigenvalue weighted by atomic mass is 9.34. The van der Waals surface area contributed by atoms with Gasteiger partial charge in [0.1, 0.15) is 23.0 Å². The van der Waals surface area contributed by atoms with E-state index in [-0.39, 0.29) is 28.4 Å². The molecule has 6 aromatic rings. The molecule has 3 aliphatic rings. The van der Waals surface area contributed by atoms with E-state index in [1.54, 1.807) is 0 Å². The van der Waals surface area contributed by atoms with Gasteiger partial charge in [-0.2, -0.15) is 0 Å². The van der Waals surface area contributed by atoms with Crippen molar-refractivity contribution < 1.29 is 9.47 Å². The van der Waals surface area contributed by atoms with Crippen LogP contribution in [-0.4, -0.2) is 6.71 Å². The Balaban J connectivity index is 1.40. The van der Waals surface area contributed by atoms with Crippen molar-refractivity contribution in [3.63, 3.8) is 0 Å². The van der Waals surface area contributed by atoms with E-state index in [1.165, 1.54) is 49.9 Å². The zero-order valence-corrected chi connectivity index (χ0v) is 34.3. The van der Waals surface area contributed by atoms with Gasteiger partial charge in [0.25, 0.3) is 6.71 Å². The lowest BCUT2D eigenvalue weighted by molar-refractivity contribution is 0.463. The molecule has 0 amide bonds. The van der Waals surface area contributed by atoms with Gasteiger partial charge < -0.3 is 14.4 Å². The molecule has 0 fully saturated rings. The van der Waals surface area contributed by atoms with Crippen LogP contribution in [0, 0.1) is 0 Å². The number of hydrogen-bond donors (Lipinski definition) is 0. The molecular formula is C51H52BNO2. The molecule has 0 N–H and O–H groups in total. The largest absolute Gasteiger partial charge is 0.458 e. The van der Waals surface area contributed by atoms with Crippen molar-refractivity contribution in [1.29, 1.82) is 0 Å². The highest BCUT2D eigenvalue weighted by Crippen LogP contribution is 2.58. The molecule has 0 aromatic heterocycles. The summed E-state index contributed by atoms with van der Waals surface area (Å²) in [6, 6.07) is 42.9. The Hall–Kier alpha value is -5.22. The zero-order chi connectivity index (χ0) is 38.8. The summed E-state index contributed by atoms with van der Waals surface area (Å²) in [7, 11) is 0. The fourth-order valence-corrected chi connectivity index (χ4v) is 9.10. The van der Waals surface area contributed by atoms with Crippen LogP contribution in [0.25, 0.3) is 11.1 Å². The molecule has 55 heavy (non-hydrogen) atoms. The maximum atomic E-state index is 7.34. The van der Waals surface area contributed by atoms with Gasteiger partial charge in [0.15, 0.2) is 0 Å². The predicted molar refractivity (Wildman–Crippen MR) is 232 cm³/mol. The fourth-order valence-electron chi connectivity index (χ4n) is 9.10. The highest BCUT2D eigenvalue weighted by atomic mass is 16.5. The first-order valence-electron chi connectivity index (χ1n) is 19.9. The average Bonchev–Trinajstić information content (AvgIpc) is 3.36. The summed E-state index contributed by atoms with van der Waals surface area (Å²) >= 11 is 0. The number of benzene rings is 6. The molecule has 3 nitrogen and oxygen atoms in total. The van der Waals surface area contributed by atoms with Crippen LogP contribution in [0.3, 0.4) is 0 Å². The van der Waals surface area contributed by atoms with Gasteiger partial charge in [-0.15, -0.1) is 0 Å². The second-order valence-electron chi connectivity index (χ2n) is 19.5. The number of ether oxygens (including phenoxy) is 2. The Bertz CT molecular complexity index is 2450. The molecule has 0 spiro atoms. The Labute approximate surface area is 328 Å². The highest BCUT2D eigenvalue weighted by molar-refractivity contribution is 6.98. The molecule has 0 atom stereocenters. The van der Waals surface area contributed by atoms with Gasteiger partial charge in [-0.05, 0) is 109 Å². The van der Waals surface area contributed by atoms with Crippen LogP contribution >= 0.6 is 0 Å². The second-order valence-corrected chi connectivity index (χ2v) is 19.5. The van der Waals surface area contributed by atoms with Gasteiger partial charge >= 0.3 is 0 Å². The summed E-state index contributed by atoms with van der Waals surface area (Å²) in [4.78, 5) is 2.48. The summed E-state index contributed by atoms with van der Waals surface area (Å²) < 4.78 is 14.0. The molecule has 0 unspecified atom stereocenters. The number of fused-ring (bicyclic) bond motifs is 7. The molecule has 0 saturated heterocycles. The first-order valence-corrected chi connectivity index (χ1v) is 19.9. The van der Waals surface area contributed by atoms with Crippen molar-refractivity contribution >= 4 is 40.2 Å². The maximum absolute atomic E-state index is 7.34. The van der Waals surface area contributed by atoms with Crippen molar-refractivity contribution in [3.05, 3.63) is 143 Å². The molecule has 0 saturated carbocycles. The molecular weight excluding hydrogens is 669 g/mol. The van der Waals surface area contributed by atoms with Crippen LogP contribution in [0.2, 0.25) is 0 Å². The third-order valence-corrected chi connectivity index (χ3v) is 12.3. The molecule has 0 bridgehead atoms. The number of anilines is 3. The van der Waals surface area contributed by atoms with Crippen molar-refractivity contribution in [3.8, 4) is 34.1 Å². The van der Waals surface area contributed by atoms with E-state index in [2.05, 4.69) is 196 Å². The van der Waals surface area contributed by atoms with Gasteiger partial charge in [-0.1, -0.05) is 149 Å². The topological polar surface area (TPSA) is 21.7 Å². The smallest absolute Gasteiger partial charge is 0.260 e. The van der Waals surface area contributed by atoms with Crippen LogP contribution in [-0.2, 0) is 21.7 Å². The van der Waals surface area contributed by atoms with E-state index in [0.29, 0.717) is 0 Å². The SMILES string of the molecule is CC(C)(C)c1ccc(N(c2ccc(C(C)(C)C)cc2)c2c3c(cc4c2C(C)(C)c2ccccc2-4)B2c4cc(C(C)(C)C)ccc4Oc4cccc(c42)O3)cc1. The number of nitrogens with zero attached hydrogens (tertiary/aromatic N) is 1. The molecule has 2 aliphatic heterocycles. The number of hydrogen-bond acceptors (Lipinski definition) is 3. The van der Waals surface area contributed by atoms with Gasteiger partial charge in [0.05, 0.1) is 5.69 Å². The van der Waals surface area contributed by atoms with Crippen molar-refractivity contribution in [2.24, 2.45) is 0 Å². The maximum Gasteiger partial charge on any atom is 0.260 e. The summed E-state index contributed by atoms with van der Waals surface area (Å²) in [5.74, 6) is 3.52. The lowest BCUT2D eigenvalue weighted by Gasteiger charge is -2.39. The summed E-state index contributed by atoms with van der Waals surface area (Å²) in [6.45, 7) is 25.2. The standard InChI is InChI=1S/C51H52BNO2/c1-48(2,3)31-19-24-34(25-20-31)53(35-26-21-32(22-27-35)49(4,5)6)46-44-37(36-15-12-13-16-38(36)51(44,10)11)30-40-47(46)55-43-18-14-17-42-45(43)52(40)39-29-33(50(7,8)9)23-28-41(39)54-42/h12-30H,1-11H3. The zero-order valence-electron chi connectivity index (χ0n) is 34.3. The number of rotatable bonds is 3. The van der Waals surface area contributed by atoms with E-state index < -0.39 is 0 Å². The van der Waals surface area contributed by atoms with Gasteiger partial charge in [-0.3, -0.25) is 0 Å². The Kier molecular flexibility index (Phi) is 7.67. The summed E-state index contributed by atoms with van der Waals surface area (Å²) in [5.41, 5.74) is 15.5. The van der Waals surface area contributed by atoms with Crippen LogP contribution in [0.1, 0.15) is 104 Å². The van der Waals surface area contributed by atoms with Gasteiger partial charge in [0, 0.05) is 22.3 Å². The molecule has 276 valence electrons. The van der Waals surface area contributed by atoms with Crippen LogP contribution < -0.4 is 30.8 Å². The summed E-state index contributed by atoms with van der Waals surface area (Å²) in [5, 5.41) is 0. The normalized spacial score (nSPS) is 14.9. The van der Waals surface area contributed by atoms with Crippen molar-refractivity contribution in [2.45, 2.75) is 97.8 Å². The highest BCUT2D eigenvalue weighted by Gasteiger charge is 2.47. The second kappa shape index (κ2) is 11.9.